The Balaban J connectivity index is 1.53. The fraction of sp³-hybridized carbons (Fsp3) is 0.652. The van der Waals surface area contributed by atoms with Gasteiger partial charge in [-0.05, 0) is 60.8 Å². The molecular formula is C23H29FN2O. The van der Waals surface area contributed by atoms with Gasteiger partial charge in [-0.15, -0.1) is 0 Å². The second-order valence-corrected chi connectivity index (χ2v) is 10.1. The summed E-state index contributed by atoms with van der Waals surface area (Å²) in [5.74, 6) is 0.558. The van der Waals surface area contributed by atoms with Crippen LogP contribution in [0.5, 0.6) is 0 Å². The molecule has 144 valence electrons. The number of halogens is 1. The third-order valence-electron chi connectivity index (χ3n) is 7.68. The molecule has 5 aliphatic rings. The van der Waals surface area contributed by atoms with Gasteiger partial charge in [0.05, 0.1) is 11.1 Å². The molecule has 5 fully saturated rings. The molecule has 4 saturated carbocycles. The Kier molecular flexibility index (Phi) is 3.88. The monoisotopic (exact) mass is 368 g/mol. The van der Waals surface area contributed by atoms with Gasteiger partial charge in [0.2, 0.25) is 0 Å². The topological polar surface area (TPSA) is 41.5 Å². The number of nitrogens with one attached hydrogen (secondary N) is 1. The van der Waals surface area contributed by atoms with E-state index in [-0.39, 0.29) is 28.7 Å². The Morgan fingerprint density at radius 3 is 2.70 bits per heavy atom. The minimum Gasteiger partial charge on any atom is -0.313 e. The molecule has 1 aliphatic heterocycles. The van der Waals surface area contributed by atoms with Gasteiger partial charge in [0.15, 0.2) is 6.17 Å². The van der Waals surface area contributed by atoms with Crippen molar-refractivity contribution in [2.75, 3.05) is 13.1 Å². The summed E-state index contributed by atoms with van der Waals surface area (Å²) in [5.41, 5.74) is 1.76. The number of benzene rings is 1. The van der Waals surface area contributed by atoms with E-state index in [1.165, 1.54) is 24.8 Å². The summed E-state index contributed by atoms with van der Waals surface area (Å²) in [4.78, 5) is 17.9. The molecule has 4 aliphatic carbocycles. The number of hydrogen-bond acceptors (Lipinski definition) is 2. The van der Waals surface area contributed by atoms with E-state index in [4.69, 9.17) is 0 Å². The third-order valence-corrected chi connectivity index (χ3v) is 7.68. The van der Waals surface area contributed by atoms with Crippen molar-refractivity contribution in [3.05, 3.63) is 35.9 Å². The fourth-order valence-electron chi connectivity index (χ4n) is 7.37. The molecule has 5 atom stereocenters. The van der Waals surface area contributed by atoms with Crippen LogP contribution in [0.4, 0.5) is 4.39 Å². The number of piperidine rings is 1. The lowest BCUT2D eigenvalue weighted by molar-refractivity contribution is -0.156. The van der Waals surface area contributed by atoms with Gasteiger partial charge in [-0.1, -0.05) is 37.3 Å². The van der Waals surface area contributed by atoms with Crippen molar-refractivity contribution < 1.29 is 9.18 Å². The number of alkyl halides is 1. The van der Waals surface area contributed by atoms with Crippen LogP contribution in [0.1, 0.15) is 57.4 Å². The van der Waals surface area contributed by atoms with E-state index in [1.54, 1.807) is 0 Å². The Morgan fingerprint density at radius 1 is 1.15 bits per heavy atom. The molecular weight excluding hydrogens is 339 g/mol. The van der Waals surface area contributed by atoms with E-state index in [1.807, 2.05) is 0 Å². The van der Waals surface area contributed by atoms with Crippen LogP contribution < -0.4 is 5.32 Å². The van der Waals surface area contributed by atoms with E-state index < -0.39 is 6.17 Å². The highest BCUT2D eigenvalue weighted by Gasteiger charge is 2.64. The second-order valence-electron chi connectivity index (χ2n) is 10.1. The maximum atomic E-state index is 14.3. The van der Waals surface area contributed by atoms with Crippen LogP contribution in [0.3, 0.4) is 0 Å². The predicted octanol–water partition coefficient (Wildman–Crippen LogP) is 4.21. The van der Waals surface area contributed by atoms with E-state index >= 15 is 0 Å². The Labute approximate surface area is 160 Å². The zero-order valence-electron chi connectivity index (χ0n) is 16.1. The van der Waals surface area contributed by atoms with Gasteiger partial charge in [-0.2, -0.15) is 0 Å². The Hall–Kier alpha value is -1.55. The van der Waals surface area contributed by atoms with Gasteiger partial charge in [0.25, 0.3) is 5.91 Å². The first-order chi connectivity index (χ1) is 12.9. The first-order valence-electron chi connectivity index (χ1n) is 10.4. The van der Waals surface area contributed by atoms with Gasteiger partial charge in [0.1, 0.15) is 0 Å². The van der Waals surface area contributed by atoms with Gasteiger partial charge < -0.3 is 5.32 Å². The Bertz CT molecular complexity index is 793. The summed E-state index contributed by atoms with van der Waals surface area (Å²) in [6, 6.07) is 10.8. The standard InChI is InChI=1S/C23H29FN2O/c1-21-9-16-10-22(13-21,17-5-3-2-4-6-17)15-23(11-16,14-21)20(27)26-19-7-8-25-12-18(19)24/h2-6,16,18,25H,7-15H2,1H3/b26-19+/t16?,18-,21+,22+,23?/m0/s1. The summed E-state index contributed by atoms with van der Waals surface area (Å²) in [6.45, 7) is 3.37. The van der Waals surface area contributed by atoms with Crippen LogP contribution in [0.25, 0.3) is 0 Å². The van der Waals surface area contributed by atoms with E-state index in [2.05, 4.69) is 47.6 Å². The van der Waals surface area contributed by atoms with Crippen LogP contribution >= 0.6 is 0 Å². The summed E-state index contributed by atoms with van der Waals surface area (Å²) in [7, 11) is 0. The average molecular weight is 368 g/mol. The molecule has 3 nitrogen and oxygen atoms in total. The zero-order valence-corrected chi connectivity index (χ0v) is 16.1. The highest BCUT2D eigenvalue weighted by atomic mass is 19.1. The number of nitrogens with zero attached hydrogens (tertiary/aromatic N) is 1. The molecule has 1 aromatic rings. The SMILES string of the molecule is C[C@]12CC3CC(C(=O)/N=C4\CCNC[C@@H]4F)(C1)C[C@@](c1ccccc1)(C3)C2. The molecule has 0 spiro atoms. The molecule has 1 saturated heterocycles. The van der Waals surface area contributed by atoms with Crippen molar-refractivity contribution in [3.63, 3.8) is 0 Å². The first-order valence-corrected chi connectivity index (χ1v) is 10.4. The maximum Gasteiger partial charge on any atom is 0.251 e. The van der Waals surface area contributed by atoms with Gasteiger partial charge >= 0.3 is 0 Å². The van der Waals surface area contributed by atoms with Crippen molar-refractivity contribution in [1.82, 2.24) is 5.32 Å². The van der Waals surface area contributed by atoms with Crippen LogP contribution in [-0.2, 0) is 10.2 Å². The third kappa shape index (κ3) is 2.79. The molecule has 2 unspecified atom stereocenters. The summed E-state index contributed by atoms with van der Waals surface area (Å²) >= 11 is 0. The van der Waals surface area contributed by atoms with E-state index in [9.17, 15) is 9.18 Å². The van der Waals surface area contributed by atoms with Crippen LogP contribution in [0.2, 0.25) is 0 Å². The van der Waals surface area contributed by atoms with Crippen LogP contribution in [-0.4, -0.2) is 30.9 Å². The normalized spacial score (nSPS) is 44.6. The molecule has 1 heterocycles. The lowest BCUT2D eigenvalue weighted by atomic mass is 9.38. The minimum atomic E-state index is -1.12. The molecule has 0 aromatic heterocycles. The molecule has 4 bridgehead atoms. The van der Waals surface area contributed by atoms with E-state index in [0.29, 0.717) is 24.6 Å². The molecule has 6 rings (SSSR count). The predicted molar refractivity (Wildman–Crippen MR) is 105 cm³/mol. The molecule has 0 radical (unpaired) electrons. The zero-order chi connectivity index (χ0) is 18.7. The molecule has 1 N–H and O–H groups in total. The summed E-state index contributed by atoms with van der Waals surface area (Å²) in [5, 5.41) is 3.04. The molecule has 27 heavy (non-hydrogen) atoms. The first kappa shape index (κ1) is 17.5. The fourth-order valence-corrected chi connectivity index (χ4v) is 7.37. The van der Waals surface area contributed by atoms with Crippen LogP contribution in [0, 0.1) is 16.7 Å². The smallest absolute Gasteiger partial charge is 0.251 e. The van der Waals surface area contributed by atoms with Crippen molar-refractivity contribution >= 4 is 11.6 Å². The Morgan fingerprint density at radius 2 is 1.96 bits per heavy atom. The molecule has 1 aromatic carbocycles. The van der Waals surface area contributed by atoms with Crippen molar-refractivity contribution in [1.29, 1.82) is 0 Å². The number of hydrogen-bond donors (Lipinski definition) is 1. The average Bonchev–Trinajstić information content (AvgIpc) is 2.62. The van der Waals surface area contributed by atoms with Gasteiger partial charge in [-0.3, -0.25) is 4.79 Å². The van der Waals surface area contributed by atoms with Crippen LogP contribution in [0.15, 0.2) is 35.3 Å². The number of carbonyl (C=O) groups is 1. The summed E-state index contributed by atoms with van der Waals surface area (Å²) < 4.78 is 14.3. The lowest BCUT2D eigenvalue weighted by Crippen LogP contribution is -2.60. The van der Waals surface area contributed by atoms with Crippen molar-refractivity contribution in [3.8, 4) is 0 Å². The second kappa shape index (κ2) is 5.97. The molecule has 4 heteroatoms. The number of rotatable bonds is 2. The number of carbonyl (C=O) groups excluding carboxylic acids is 1. The summed E-state index contributed by atoms with van der Waals surface area (Å²) in [6.07, 6.45) is 5.78. The van der Waals surface area contributed by atoms with E-state index in [0.717, 1.165) is 19.3 Å². The quantitative estimate of drug-likeness (QED) is 0.849. The maximum absolute atomic E-state index is 14.3. The minimum absolute atomic E-state index is 0.0299. The highest BCUT2D eigenvalue weighted by molar-refractivity contribution is 6.01. The number of aliphatic imine (C=N–C) groups is 1. The van der Waals surface area contributed by atoms with Gasteiger partial charge in [-0.25, -0.2) is 9.38 Å². The molecule has 1 amide bonds. The lowest BCUT2D eigenvalue weighted by Gasteiger charge is -2.65. The highest BCUT2D eigenvalue weighted by Crippen LogP contribution is 2.70. The largest absolute Gasteiger partial charge is 0.313 e. The number of amides is 1. The van der Waals surface area contributed by atoms with Crippen molar-refractivity contribution in [2.45, 2.75) is 63.5 Å². The van der Waals surface area contributed by atoms with Gasteiger partial charge in [0, 0.05) is 19.5 Å². The van der Waals surface area contributed by atoms with Crippen molar-refractivity contribution in [2.24, 2.45) is 21.7 Å².